The highest BCUT2D eigenvalue weighted by molar-refractivity contribution is 9.10. The van der Waals surface area contributed by atoms with Crippen LogP contribution in [0.4, 0.5) is 10.1 Å². The van der Waals surface area contributed by atoms with E-state index in [1.54, 1.807) is 12.3 Å². The minimum Gasteiger partial charge on any atom is -0.486 e. The van der Waals surface area contributed by atoms with E-state index in [-0.39, 0.29) is 12.4 Å². The number of aryl methyl sites for hydroxylation is 1. The molecule has 0 saturated carbocycles. The molecule has 0 aliphatic heterocycles. The van der Waals surface area contributed by atoms with Gasteiger partial charge in [-0.3, -0.25) is 4.98 Å². The van der Waals surface area contributed by atoms with Gasteiger partial charge in [0.25, 0.3) is 0 Å². The summed E-state index contributed by atoms with van der Waals surface area (Å²) in [4.78, 5) is 3.76. The molecule has 0 unspecified atom stereocenters. The van der Waals surface area contributed by atoms with Crippen LogP contribution in [0.5, 0.6) is 5.75 Å². The highest BCUT2D eigenvalue weighted by atomic mass is 79.9. The second-order valence-corrected chi connectivity index (χ2v) is 4.86. The van der Waals surface area contributed by atoms with Gasteiger partial charge in [-0.1, -0.05) is 15.9 Å². The van der Waals surface area contributed by atoms with Gasteiger partial charge in [-0.2, -0.15) is 0 Å². The summed E-state index contributed by atoms with van der Waals surface area (Å²) in [5, 5.41) is 0. The van der Waals surface area contributed by atoms with Gasteiger partial charge in [-0.25, -0.2) is 4.39 Å². The Bertz CT molecular complexity index is 552. The van der Waals surface area contributed by atoms with Crippen molar-refractivity contribution in [3.05, 3.63) is 52.0 Å². The standard InChI is InChI=1S/C13H12BrFN2O/c1-8-2-10(14)4-12(16)13(8)18-7-9-3-11(15)6-17-5-9/h2-6H,7,16H2,1H3. The fourth-order valence-electron chi connectivity index (χ4n) is 1.64. The number of halogens is 2. The molecule has 0 atom stereocenters. The van der Waals surface area contributed by atoms with Crippen molar-refractivity contribution in [1.29, 1.82) is 0 Å². The summed E-state index contributed by atoms with van der Waals surface area (Å²) >= 11 is 3.36. The van der Waals surface area contributed by atoms with Crippen molar-refractivity contribution >= 4 is 21.6 Å². The molecule has 2 rings (SSSR count). The minimum atomic E-state index is -0.378. The van der Waals surface area contributed by atoms with Crippen LogP contribution >= 0.6 is 15.9 Å². The van der Waals surface area contributed by atoms with Gasteiger partial charge in [0.15, 0.2) is 0 Å². The number of anilines is 1. The van der Waals surface area contributed by atoms with Crippen LogP contribution in [0, 0.1) is 12.7 Å². The van der Waals surface area contributed by atoms with Gasteiger partial charge >= 0.3 is 0 Å². The first kappa shape index (κ1) is 12.8. The van der Waals surface area contributed by atoms with Gasteiger partial charge in [-0.15, -0.1) is 0 Å². The predicted octanol–water partition coefficient (Wildman–Crippen LogP) is 3.45. The molecule has 1 aromatic heterocycles. The van der Waals surface area contributed by atoms with E-state index in [1.807, 2.05) is 13.0 Å². The normalized spacial score (nSPS) is 10.4. The van der Waals surface area contributed by atoms with Gasteiger partial charge < -0.3 is 10.5 Å². The fourth-order valence-corrected chi connectivity index (χ4v) is 2.23. The minimum absolute atomic E-state index is 0.234. The molecule has 0 aliphatic rings. The number of nitrogens with zero attached hydrogens (tertiary/aromatic N) is 1. The van der Waals surface area contributed by atoms with Crippen molar-refractivity contribution in [2.75, 3.05) is 5.73 Å². The van der Waals surface area contributed by atoms with E-state index >= 15 is 0 Å². The topological polar surface area (TPSA) is 48.1 Å². The van der Waals surface area contributed by atoms with Crippen molar-refractivity contribution in [1.82, 2.24) is 4.98 Å². The zero-order valence-corrected chi connectivity index (χ0v) is 11.4. The van der Waals surface area contributed by atoms with E-state index in [0.717, 1.165) is 16.2 Å². The average molecular weight is 311 g/mol. The molecule has 0 aliphatic carbocycles. The monoisotopic (exact) mass is 310 g/mol. The quantitative estimate of drug-likeness (QED) is 0.883. The third-order valence-corrected chi connectivity index (χ3v) is 2.87. The molecule has 0 spiro atoms. The molecule has 18 heavy (non-hydrogen) atoms. The van der Waals surface area contributed by atoms with Gasteiger partial charge in [0.2, 0.25) is 0 Å². The number of rotatable bonds is 3. The zero-order chi connectivity index (χ0) is 13.1. The second kappa shape index (κ2) is 5.35. The maximum Gasteiger partial charge on any atom is 0.145 e. The highest BCUT2D eigenvalue weighted by Gasteiger charge is 2.07. The SMILES string of the molecule is Cc1cc(Br)cc(N)c1OCc1cncc(F)c1. The van der Waals surface area contributed by atoms with Crippen LogP contribution in [0.2, 0.25) is 0 Å². The molecule has 5 heteroatoms. The van der Waals surface area contributed by atoms with Crippen LogP contribution in [-0.2, 0) is 6.61 Å². The molecule has 94 valence electrons. The van der Waals surface area contributed by atoms with E-state index in [4.69, 9.17) is 10.5 Å². The summed E-state index contributed by atoms with van der Waals surface area (Å²) in [6.07, 6.45) is 2.72. The number of nitrogens with two attached hydrogens (primary N) is 1. The number of benzene rings is 1. The molecule has 0 amide bonds. The summed E-state index contributed by atoms with van der Waals surface area (Å²) < 4.78 is 19.5. The van der Waals surface area contributed by atoms with Crippen LogP contribution in [0.3, 0.4) is 0 Å². The lowest BCUT2D eigenvalue weighted by Crippen LogP contribution is -2.01. The molecule has 1 aromatic carbocycles. The smallest absolute Gasteiger partial charge is 0.145 e. The zero-order valence-electron chi connectivity index (χ0n) is 9.78. The molecule has 2 N–H and O–H groups in total. The summed E-state index contributed by atoms with van der Waals surface area (Å²) in [6.45, 7) is 2.14. The lowest BCUT2D eigenvalue weighted by atomic mass is 10.2. The van der Waals surface area contributed by atoms with Crippen LogP contribution in [-0.4, -0.2) is 4.98 Å². The van der Waals surface area contributed by atoms with Gasteiger partial charge in [-0.05, 0) is 30.7 Å². The van der Waals surface area contributed by atoms with Crippen molar-refractivity contribution in [3.63, 3.8) is 0 Å². The third-order valence-electron chi connectivity index (χ3n) is 2.41. The number of pyridine rings is 1. The fraction of sp³-hybridized carbons (Fsp3) is 0.154. The Kier molecular flexibility index (Phi) is 3.81. The molecule has 3 nitrogen and oxygen atoms in total. The van der Waals surface area contributed by atoms with Crippen LogP contribution in [0.1, 0.15) is 11.1 Å². The largest absolute Gasteiger partial charge is 0.486 e. The Labute approximate surface area is 113 Å². The Balaban J connectivity index is 2.16. The summed E-state index contributed by atoms with van der Waals surface area (Å²) in [5.41, 5.74) is 8.01. The lowest BCUT2D eigenvalue weighted by Gasteiger charge is -2.12. The van der Waals surface area contributed by atoms with Crippen molar-refractivity contribution in [3.8, 4) is 5.75 Å². The molecular formula is C13H12BrFN2O. The van der Waals surface area contributed by atoms with E-state index in [0.29, 0.717) is 17.0 Å². The molecule has 2 aromatic rings. The third kappa shape index (κ3) is 2.98. The van der Waals surface area contributed by atoms with Crippen molar-refractivity contribution < 1.29 is 9.13 Å². The summed E-state index contributed by atoms with van der Waals surface area (Å²) in [5.74, 6) is 0.235. The molecule has 0 saturated heterocycles. The maximum atomic E-state index is 13.0. The Hall–Kier alpha value is -1.62. The Morgan fingerprint density at radius 1 is 1.33 bits per heavy atom. The van der Waals surface area contributed by atoms with E-state index < -0.39 is 0 Å². The highest BCUT2D eigenvalue weighted by Crippen LogP contribution is 2.30. The Morgan fingerprint density at radius 2 is 2.11 bits per heavy atom. The predicted molar refractivity (Wildman–Crippen MR) is 71.8 cm³/mol. The first-order chi connectivity index (χ1) is 8.56. The summed E-state index contributed by atoms with van der Waals surface area (Å²) in [7, 11) is 0. The van der Waals surface area contributed by atoms with Crippen LogP contribution in [0.25, 0.3) is 0 Å². The second-order valence-electron chi connectivity index (χ2n) is 3.94. The van der Waals surface area contributed by atoms with Crippen LogP contribution in [0.15, 0.2) is 35.1 Å². The molecule has 1 heterocycles. The molecular weight excluding hydrogens is 299 g/mol. The summed E-state index contributed by atoms with van der Waals surface area (Å²) in [6, 6.07) is 5.07. The first-order valence-electron chi connectivity index (χ1n) is 5.34. The first-order valence-corrected chi connectivity index (χ1v) is 6.13. The Morgan fingerprint density at radius 3 is 2.78 bits per heavy atom. The number of ether oxygens (including phenoxy) is 1. The van der Waals surface area contributed by atoms with Gasteiger partial charge in [0, 0.05) is 16.2 Å². The van der Waals surface area contributed by atoms with Crippen LogP contribution < -0.4 is 10.5 Å². The lowest BCUT2D eigenvalue weighted by molar-refractivity contribution is 0.304. The number of aromatic nitrogens is 1. The maximum absolute atomic E-state index is 13.0. The van der Waals surface area contributed by atoms with E-state index in [1.165, 1.54) is 6.07 Å². The number of hydrogen-bond donors (Lipinski definition) is 1. The van der Waals surface area contributed by atoms with Gasteiger partial charge in [0.1, 0.15) is 18.2 Å². The molecule has 0 bridgehead atoms. The van der Waals surface area contributed by atoms with E-state index in [2.05, 4.69) is 20.9 Å². The molecule has 0 radical (unpaired) electrons. The van der Waals surface area contributed by atoms with E-state index in [9.17, 15) is 4.39 Å². The van der Waals surface area contributed by atoms with Crippen molar-refractivity contribution in [2.24, 2.45) is 0 Å². The van der Waals surface area contributed by atoms with Gasteiger partial charge in [0.05, 0.1) is 11.9 Å². The number of nitrogen functional groups attached to an aromatic ring is 1. The average Bonchev–Trinajstić information content (AvgIpc) is 2.27. The number of hydrogen-bond acceptors (Lipinski definition) is 3. The van der Waals surface area contributed by atoms with Crippen molar-refractivity contribution in [2.45, 2.75) is 13.5 Å². The molecule has 0 fully saturated rings.